The predicted molar refractivity (Wildman–Crippen MR) is 179 cm³/mol. The van der Waals surface area contributed by atoms with Crippen molar-refractivity contribution in [3.8, 4) is 5.75 Å². The molecule has 0 aliphatic heterocycles. The largest absolute Gasteiger partial charge is 0.415 e. The second-order valence-electron chi connectivity index (χ2n) is 13.4. The van der Waals surface area contributed by atoms with Crippen LogP contribution in [0, 0.1) is 28.1 Å². The molecule has 0 unspecified atom stereocenters. The number of alkyl halides is 3. The van der Waals surface area contributed by atoms with Crippen LogP contribution in [0.2, 0.25) is 0 Å². The molecule has 5 atom stereocenters. The van der Waals surface area contributed by atoms with Crippen LogP contribution in [-0.4, -0.2) is 76.6 Å². The maximum absolute atomic E-state index is 12.4. The van der Waals surface area contributed by atoms with Crippen LogP contribution in [0.1, 0.15) is 88.7 Å². The van der Waals surface area contributed by atoms with E-state index in [4.69, 9.17) is 39.5 Å². The zero-order valence-corrected chi connectivity index (χ0v) is 28.8. The van der Waals surface area contributed by atoms with Gasteiger partial charge in [-0.2, -0.15) is 5.01 Å². The van der Waals surface area contributed by atoms with Crippen molar-refractivity contribution in [1.82, 2.24) is 15.2 Å². The first kappa shape index (κ1) is 36.0. The highest BCUT2D eigenvalue weighted by molar-refractivity contribution is 6.18. The van der Waals surface area contributed by atoms with Crippen LogP contribution in [0.25, 0.3) is 0 Å². The molecule has 3 saturated carbocycles. The second-order valence-corrected chi connectivity index (χ2v) is 14.6. The summed E-state index contributed by atoms with van der Waals surface area (Å²) in [4.78, 5) is 35.9. The third-order valence-corrected chi connectivity index (χ3v) is 11.3. The molecule has 12 heteroatoms. The molecule has 0 heterocycles. The molecule has 3 amide bonds. The number of rotatable bonds is 9. The van der Waals surface area contributed by atoms with Crippen LogP contribution < -0.4 is 10.1 Å². The van der Waals surface area contributed by atoms with Crippen LogP contribution >= 0.6 is 34.8 Å². The maximum Gasteiger partial charge on any atom is 0.415 e. The van der Waals surface area contributed by atoms with Gasteiger partial charge in [-0.3, -0.25) is 0 Å². The third-order valence-electron chi connectivity index (χ3n) is 10.8. The number of nitroso groups, excluding NO2 is 1. The number of halogens is 3. The molecule has 1 aromatic rings. The summed E-state index contributed by atoms with van der Waals surface area (Å²) in [5.74, 6) is 4.10. The molecule has 0 aromatic heterocycles. The number of urea groups is 1. The number of carbonyl (C=O) groups excluding carboxylic acids is 2. The van der Waals surface area contributed by atoms with Gasteiger partial charge in [-0.25, -0.2) is 9.59 Å². The number of benzene rings is 1. The summed E-state index contributed by atoms with van der Waals surface area (Å²) in [5.41, 5.74) is 2.82. The Labute approximate surface area is 282 Å². The monoisotopic (exact) mass is 686 g/mol. The van der Waals surface area contributed by atoms with E-state index in [-0.39, 0.29) is 30.0 Å². The Bertz CT molecular complexity index is 1150. The van der Waals surface area contributed by atoms with Gasteiger partial charge < -0.3 is 20.1 Å². The van der Waals surface area contributed by atoms with Crippen molar-refractivity contribution in [3.05, 3.63) is 34.2 Å². The molecule has 45 heavy (non-hydrogen) atoms. The van der Waals surface area contributed by atoms with Crippen molar-refractivity contribution < 1.29 is 19.4 Å². The summed E-state index contributed by atoms with van der Waals surface area (Å²) in [6.07, 6.45) is 10.2. The number of nitrogens with zero attached hydrogens (tertiary/aromatic N) is 3. The number of hydrogen-bond donors (Lipinski definition) is 2. The van der Waals surface area contributed by atoms with E-state index in [0.29, 0.717) is 48.4 Å². The van der Waals surface area contributed by atoms with Gasteiger partial charge in [0.15, 0.2) is 0 Å². The highest BCUT2D eigenvalue weighted by Crippen LogP contribution is 2.60. The molecule has 0 bridgehead atoms. The minimum Gasteiger partial charge on any atom is -0.410 e. The molecule has 2 N–H and O–H groups in total. The summed E-state index contributed by atoms with van der Waals surface area (Å²) < 4.78 is 5.62. The van der Waals surface area contributed by atoms with Crippen molar-refractivity contribution >= 4 is 46.9 Å². The minimum absolute atomic E-state index is 0.0996. The number of fused-ring (bicyclic) bond motifs is 5. The Morgan fingerprint density at radius 3 is 2.33 bits per heavy atom. The van der Waals surface area contributed by atoms with Gasteiger partial charge in [0.1, 0.15) is 5.75 Å². The quantitative estimate of drug-likeness (QED) is 0.157. The fourth-order valence-electron chi connectivity index (χ4n) is 8.17. The summed E-state index contributed by atoms with van der Waals surface area (Å²) in [6.45, 7) is 5.52. The lowest BCUT2D eigenvalue weighted by Crippen LogP contribution is -2.44. The number of aliphatic hydroxyl groups excluding tert-OH is 1. The summed E-state index contributed by atoms with van der Waals surface area (Å²) in [5, 5.41) is 16.8. The lowest BCUT2D eigenvalue weighted by atomic mass is 9.55. The number of amides is 3. The molecule has 1 aromatic carbocycles. The smallest absolute Gasteiger partial charge is 0.410 e. The predicted octanol–water partition coefficient (Wildman–Crippen LogP) is 7.68. The second kappa shape index (κ2) is 16.8. The van der Waals surface area contributed by atoms with E-state index in [0.717, 1.165) is 75.1 Å². The highest BCUT2D eigenvalue weighted by atomic mass is 35.5. The summed E-state index contributed by atoms with van der Waals surface area (Å²) in [7, 11) is 0. The number of aryl methyl sites for hydroxylation is 1. The van der Waals surface area contributed by atoms with Crippen molar-refractivity contribution in [2.75, 3.05) is 37.3 Å². The van der Waals surface area contributed by atoms with E-state index in [1.165, 1.54) is 11.1 Å². The van der Waals surface area contributed by atoms with E-state index in [9.17, 15) is 19.6 Å². The SMILES string of the molecule is CC1CCC(NC(=O)N(CCCl)N=O)CC1.C[C@]12CC[C@@H]3c4ccc(OC(=O)N(CCCl)CCCl)cc4CC[C@H]3[C@@H]1CC[C@@H]2O. The fraction of sp³-hybridized carbons (Fsp3) is 0.758. The van der Waals surface area contributed by atoms with Crippen LogP contribution in [-0.2, 0) is 6.42 Å². The van der Waals surface area contributed by atoms with Crippen molar-refractivity contribution in [3.63, 3.8) is 0 Å². The molecular formula is C33H49Cl3N4O5. The normalized spacial score (nSPS) is 30.0. The molecule has 9 nitrogen and oxygen atoms in total. The van der Waals surface area contributed by atoms with Gasteiger partial charge in [0.25, 0.3) is 0 Å². The molecule has 4 aliphatic rings. The average molecular weight is 688 g/mol. The third kappa shape index (κ3) is 8.76. The van der Waals surface area contributed by atoms with Crippen molar-refractivity contribution in [2.24, 2.45) is 28.5 Å². The lowest BCUT2D eigenvalue weighted by molar-refractivity contribution is -0.0226. The van der Waals surface area contributed by atoms with Crippen LogP contribution in [0.4, 0.5) is 9.59 Å². The molecule has 252 valence electrons. The van der Waals surface area contributed by atoms with E-state index < -0.39 is 12.1 Å². The maximum atomic E-state index is 12.4. The number of aliphatic hydroxyl groups is 1. The molecule has 5 rings (SSSR count). The number of carbonyl (C=O) groups is 2. The van der Waals surface area contributed by atoms with E-state index in [1.54, 1.807) is 4.90 Å². The molecular weight excluding hydrogens is 639 g/mol. The highest BCUT2D eigenvalue weighted by Gasteiger charge is 2.54. The van der Waals surface area contributed by atoms with E-state index in [1.807, 2.05) is 12.1 Å². The van der Waals surface area contributed by atoms with Gasteiger partial charge in [0, 0.05) is 36.8 Å². The zero-order chi connectivity index (χ0) is 32.6. The van der Waals surface area contributed by atoms with Gasteiger partial charge in [0.05, 0.1) is 17.9 Å². The number of ether oxygens (including phenoxy) is 1. The standard InChI is InChI=1S/C23H31Cl2NO3.C10H18ClN3O2/c1-23-9-8-18-17-5-3-16(29-22(28)26(12-10-24)13-11-25)14-15(17)2-4-19(18)20(23)6-7-21(23)27;1-8-2-4-9(5-3-8)12-10(15)14(13-16)7-6-11/h3,5,14,18-21,27H,2,4,6-13H2,1H3;8-9H,2-7H2,1H3,(H,12,15)/t18-,19-,20+,21+,23+;/m1./s1. The van der Waals surface area contributed by atoms with Gasteiger partial charge >= 0.3 is 12.1 Å². The van der Waals surface area contributed by atoms with E-state index in [2.05, 4.69) is 30.5 Å². The first-order valence-electron chi connectivity index (χ1n) is 16.5. The fourth-order valence-corrected chi connectivity index (χ4v) is 8.74. The van der Waals surface area contributed by atoms with Crippen LogP contribution in [0.15, 0.2) is 23.5 Å². The molecule has 4 aliphatic carbocycles. The first-order valence-corrected chi connectivity index (χ1v) is 18.1. The Morgan fingerprint density at radius 1 is 1.00 bits per heavy atom. The Balaban J connectivity index is 0.000000245. The number of hydrogen-bond acceptors (Lipinski definition) is 6. The summed E-state index contributed by atoms with van der Waals surface area (Å²) >= 11 is 17.0. The van der Waals surface area contributed by atoms with Gasteiger partial charge in [-0.15, -0.1) is 39.7 Å². The van der Waals surface area contributed by atoms with Crippen molar-refractivity contribution in [2.45, 2.75) is 96.1 Å². The number of nitrogens with one attached hydrogen (secondary N) is 1. The Hall–Kier alpha value is -1.81. The average Bonchev–Trinajstić information content (AvgIpc) is 3.34. The lowest BCUT2D eigenvalue weighted by Gasteiger charge is -2.50. The molecule has 0 saturated heterocycles. The zero-order valence-electron chi connectivity index (χ0n) is 26.6. The molecule has 0 spiro atoms. The van der Waals surface area contributed by atoms with Crippen LogP contribution in [0.3, 0.4) is 0 Å². The van der Waals surface area contributed by atoms with Crippen LogP contribution in [0.5, 0.6) is 5.75 Å². The van der Waals surface area contributed by atoms with Crippen molar-refractivity contribution in [1.29, 1.82) is 0 Å². The minimum atomic E-state index is -0.435. The van der Waals surface area contributed by atoms with Gasteiger partial charge in [0.2, 0.25) is 0 Å². The molecule has 0 radical (unpaired) electrons. The van der Waals surface area contributed by atoms with E-state index >= 15 is 0 Å². The summed E-state index contributed by atoms with van der Waals surface area (Å²) in [6, 6.07) is 5.87. The Kier molecular flexibility index (Phi) is 13.5. The topological polar surface area (TPSA) is 112 Å². The molecule has 3 fully saturated rings. The van der Waals surface area contributed by atoms with Gasteiger partial charge in [-0.05, 0) is 117 Å². The van der Waals surface area contributed by atoms with Gasteiger partial charge in [-0.1, -0.05) is 19.9 Å². The Morgan fingerprint density at radius 2 is 1.69 bits per heavy atom. The first-order chi connectivity index (χ1) is 21.6.